The summed E-state index contributed by atoms with van der Waals surface area (Å²) in [6, 6.07) is -0.0705. The molecule has 0 aromatic heterocycles. The summed E-state index contributed by atoms with van der Waals surface area (Å²) in [4.78, 5) is 13.7. The normalized spacial score (nSPS) is 20.1. The van der Waals surface area contributed by atoms with Crippen LogP contribution in [0.1, 0.15) is 6.92 Å². The molecule has 1 aliphatic rings. The maximum absolute atomic E-state index is 11.6. The maximum atomic E-state index is 11.6. The van der Waals surface area contributed by atoms with E-state index in [9.17, 15) is 4.79 Å². The minimum absolute atomic E-state index is 0.0619. The molecular formula is C10H18N2O2. The van der Waals surface area contributed by atoms with Crippen molar-refractivity contribution in [3.8, 4) is 0 Å². The van der Waals surface area contributed by atoms with Crippen molar-refractivity contribution in [3.63, 3.8) is 0 Å². The maximum Gasteiger partial charge on any atom is 0.237 e. The minimum Gasteiger partial charge on any atom is -0.379 e. The lowest BCUT2D eigenvalue weighted by atomic mass is 10.2. The Bertz CT molecular complexity index is 200. The summed E-state index contributed by atoms with van der Waals surface area (Å²) in [6.45, 7) is 9.13. The predicted molar refractivity (Wildman–Crippen MR) is 55.1 cm³/mol. The van der Waals surface area contributed by atoms with Crippen LogP contribution >= 0.6 is 0 Å². The second-order valence-corrected chi connectivity index (χ2v) is 3.36. The van der Waals surface area contributed by atoms with Crippen LogP contribution in [0.3, 0.4) is 0 Å². The molecule has 4 heteroatoms. The van der Waals surface area contributed by atoms with Gasteiger partial charge >= 0.3 is 0 Å². The third-order valence-electron chi connectivity index (χ3n) is 2.39. The molecule has 0 aromatic carbocycles. The number of hydrogen-bond acceptors (Lipinski definition) is 3. The Labute approximate surface area is 84.9 Å². The fraction of sp³-hybridized carbons (Fsp3) is 0.700. The Kier molecular flexibility index (Phi) is 4.62. The van der Waals surface area contributed by atoms with Gasteiger partial charge in [0.15, 0.2) is 0 Å². The van der Waals surface area contributed by atoms with Gasteiger partial charge < -0.3 is 10.1 Å². The first-order chi connectivity index (χ1) is 6.75. The number of ether oxygens (including phenoxy) is 1. The topological polar surface area (TPSA) is 41.6 Å². The predicted octanol–water partition coefficient (Wildman–Crippen LogP) is 0.00930. The van der Waals surface area contributed by atoms with Crippen molar-refractivity contribution in [1.82, 2.24) is 10.2 Å². The fourth-order valence-electron chi connectivity index (χ4n) is 1.45. The van der Waals surface area contributed by atoms with Gasteiger partial charge in [0, 0.05) is 19.6 Å². The summed E-state index contributed by atoms with van der Waals surface area (Å²) in [6.07, 6.45) is 1.68. The largest absolute Gasteiger partial charge is 0.379 e. The molecular weight excluding hydrogens is 180 g/mol. The van der Waals surface area contributed by atoms with Crippen LogP contribution in [0.4, 0.5) is 0 Å². The van der Waals surface area contributed by atoms with Gasteiger partial charge in [-0.1, -0.05) is 6.08 Å². The number of carbonyl (C=O) groups excluding carboxylic acids is 1. The number of hydrogen-bond donors (Lipinski definition) is 1. The lowest BCUT2D eigenvalue weighted by Gasteiger charge is -2.31. The van der Waals surface area contributed by atoms with E-state index in [2.05, 4.69) is 16.8 Å². The monoisotopic (exact) mass is 198 g/mol. The van der Waals surface area contributed by atoms with E-state index in [1.807, 2.05) is 6.92 Å². The SMILES string of the molecule is C=CCNC(=O)C(C)N1CCOCC1. The van der Waals surface area contributed by atoms with Gasteiger partial charge in [0.25, 0.3) is 0 Å². The van der Waals surface area contributed by atoms with E-state index in [1.54, 1.807) is 6.08 Å². The first-order valence-corrected chi connectivity index (χ1v) is 4.96. The molecule has 0 radical (unpaired) electrons. The Hall–Kier alpha value is -0.870. The molecule has 80 valence electrons. The highest BCUT2D eigenvalue weighted by molar-refractivity contribution is 5.81. The number of carbonyl (C=O) groups is 1. The molecule has 1 saturated heterocycles. The summed E-state index contributed by atoms with van der Waals surface area (Å²) < 4.78 is 5.22. The lowest BCUT2D eigenvalue weighted by molar-refractivity contribution is -0.127. The highest BCUT2D eigenvalue weighted by Crippen LogP contribution is 2.03. The first-order valence-electron chi connectivity index (χ1n) is 4.96. The van der Waals surface area contributed by atoms with Crippen LogP contribution in [0.25, 0.3) is 0 Å². The molecule has 4 nitrogen and oxygen atoms in total. The summed E-state index contributed by atoms with van der Waals surface area (Å²) in [5, 5.41) is 2.79. The van der Waals surface area contributed by atoms with Crippen LogP contribution in [0.2, 0.25) is 0 Å². The van der Waals surface area contributed by atoms with Crippen molar-refractivity contribution >= 4 is 5.91 Å². The molecule has 1 N–H and O–H groups in total. The Morgan fingerprint density at radius 3 is 2.86 bits per heavy atom. The molecule has 1 atom stereocenters. The van der Waals surface area contributed by atoms with Crippen molar-refractivity contribution < 1.29 is 9.53 Å². The van der Waals surface area contributed by atoms with E-state index < -0.39 is 0 Å². The molecule has 1 amide bonds. The Morgan fingerprint density at radius 2 is 2.29 bits per heavy atom. The molecule has 1 unspecified atom stereocenters. The van der Waals surface area contributed by atoms with Crippen molar-refractivity contribution in [2.75, 3.05) is 32.8 Å². The second-order valence-electron chi connectivity index (χ2n) is 3.36. The van der Waals surface area contributed by atoms with Crippen molar-refractivity contribution in [1.29, 1.82) is 0 Å². The van der Waals surface area contributed by atoms with Gasteiger partial charge in [0.2, 0.25) is 5.91 Å². The third kappa shape index (κ3) is 3.12. The lowest BCUT2D eigenvalue weighted by Crippen LogP contribution is -2.49. The zero-order chi connectivity index (χ0) is 10.4. The van der Waals surface area contributed by atoms with E-state index in [4.69, 9.17) is 4.74 Å². The highest BCUT2D eigenvalue weighted by atomic mass is 16.5. The van der Waals surface area contributed by atoms with Gasteiger partial charge in [-0.25, -0.2) is 0 Å². The Morgan fingerprint density at radius 1 is 1.64 bits per heavy atom. The summed E-state index contributed by atoms with van der Waals surface area (Å²) in [7, 11) is 0. The van der Waals surface area contributed by atoms with Crippen LogP contribution in [-0.2, 0) is 9.53 Å². The summed E-state index contributed by atoms with van der Waals surface area (Å²) in [5.41, 5.74) is 0. The molecule has 0 saturated carbocycles. The zero-order valence-corrected chi connectivity index (χ0v) is 8.66. The van der Waals surface area contributed by atoms with Crippen LogP contribution in [0, 0.1) is 0 Å². The molecule has 0 aromatic rings. The van der Waals surface area contributed by atoms with Crippen molar-refractivity contribution in [3.05, 3.63) is 12.7 Å². The van der Waals surface area contributed by atoms with Gasteiger partial charge in [-0.15, -0.1) is 6.58 Å². The number of nitrogens with one attached hydrogen (secondary N) is 1. The second kappa shape index (κ2) is 5.78. The van der Waals surface area contributed by atoms with E-state index in [-0.39, 0.29) is 11.9 Å². The number of morpholine rings is 1. The molecule has 1 fully saturated rings. The molecule has 1 rings (SSSR count). The fourth-order valence-corrected chi connectivity index (χ4v) is 1.45. The number of nitrogens with zero attached hydrogens (tertiary/aromatic N) is 1. The molecule has 0 aliphatic carbocycles. The quantitative estimate of drug-likeness (QED) is 0.647. The average molecular weight is 198 g/mol. The summed E-state index contributed by atoms with van der Waals surface area (Å²) >= 11 is 0. The van der Waals surface area contributed by atoms with Gasteiger partial charge in [-0.2, -0.15) is 0 Å². The minimum atomic E-state index is -0.0705. The average Bonchev–Trinajstić information content (AvgIpc) is 2.26. The zero-order valence-electron chi connectivity index (χ0n) is 8.66. The van der Waals surface area contributed by atoms with Crippen molar-refractivity contribution in [2.45, 2.75) is 13.0 Å². The highest BCUT2D eigenvalue weighted by Gasteiger charge is 2.22. The van der Waals surface area contributed by atoms with Crippen molar-refractivity contribution in [2.24, 2.45) is 0 Å². The van der Waals surface area contributed by atoms with Gasteiger partial charge in [0.05, 0.1) is 19.3 Å². The third-order valence-corrected chi connectivity index (χ3v) is 2.39. The van der Waals surface area contributed by atoms with Gasteiger partial charge in [-0.3, -0.25) is 9.69 Å². The summed E-state index contributed by atoms with van der Waals surface area (Å²) in [5.74, 6) is 0.0619. The van der Waals surface area contributed by atoms with Crippen LogP contribution < -0.4 is 5.32 Å². The molecule has 1 aliphatic heterocycles. The number of amides is 1. The van der Waals surface area contributed by atoms with Crippen LogP contribution in [0.15, 0.2) is 12.7 Å². The molecule has 0 spiro atoms. The molecule has 0 bridgehead atoms. The van der Waals surface area contributed by atoms with E-state index in [0.29, 0.717) is 6.54 Å². The molecule has 14 heavy (non-hydrogen) atoms. The first kappa shape index (κ1) is 11.2. The van der Waals surface area contributed by atoms with Gasteiger partial charge in [0.1, 0.15) is 0 Å². The van der Waals surface area contributed by atoms with E-state index in [0.717, 1.165) is 26.3 Å². The molecule has 1 heterocycles. The number of rotatable bonds is 4. The van der Waals surface area contributed by atoms with Crippen LogP contribution in [-0.4, -0.2) is 49.7 Å². The smallest absolute Gasteiger partial charge is 0.237 e. The van der Waals surface area contributed by atoms with E-state index >= 15 is 0 Å². The van der Waals surface area contributed by atoms with Crippen LogP contribution in [0.5, 0.6) is 0 Å². The van der Waals surface area contributed by atoms with E-state index in [1.165, 1.54) is 0 Å². The van der Waals surface area contributed by atoms with Gasteiger partial charge in [-0.05, 0) is 6.92 Å². The standard InChI is InChI=1S/C10H18N2O2/c1-3-4-11-10(13)9(2)12-5-7-14-8-6-12/h3,9H,1,4-8H2,2H3,(H,11,13). The Balaban J connectivity index is 2.33.